The summed E-state index contributed by atoms with van der Waals surface area (Å²) >= 11 is 12.1. The van der Waals surface area contributed by atoms with Gasteiger partial charge in [0.15, 0.2) is 0 Å². The first-order chi connectivity index (χ1) is 10.4. The second-order valence-corrected chi connectivity index (χ2v) is 6.97. The molecule has 0 unspecified atom stereocenters. The van der Waals surface area contributed by atoms with Crippen molar-refractivity contribution in [3.8, 4) is 5.75 Å². The van der Waals surface area contributed by atoms with E-state index in [0.717, 1.165) is 0 Å². The third-order valence-corrected chi connectivity index (χ3v) is 4.68. The molecule has 2 aromatic rings. The van der Waals surface area contributed by atoms with Crippen molar-refractivity contribution < 1.29 is 17.7 Å². The summed E-state index contributed by atoms with van der Waals surface area (Å²) in [4.78, 5) is 1.62. The van der Waals surface area contributed by atoms with E-state index < -0.39 is 10.1 Å². The zero-order valence-electron chi connectivity index (χ0n) is 11.2. The van der Waals surface area contributed by atoms with Crippen LogP contribution in [0.5, 0.6) is 5.75 Å². The van der Waals surface area contributed by atoms with Gasteiger partial charge in [-0.3, -0.25) is 4.55 Å². The van der Waals surface area contributed by atoms with E-state index >= 15 is 0 Å². The van der Waals surface area contributed by atoms with Crippen LogP contribution >= 0.6 is 23.2 Å². The molecule has 1 heterocycles. The average Bonchev–Trinajstić information content (AvgIpc) is 2.45. The molecular weight excluding hydrogens is 349 g/mol. The summed E-state index contributed by atoms with van der Waals surface area (Å²) in [6.07, 6.45) is 0. The molecular formula is C14H11Cl2NO4S. The fraction of sp³-hybridized carbons (Fsp3) is 0.143. The van der Waals surface area contributed by atoms with Gasteiger partial charge in [0.2, 0.25) is 0 Å². The summed E-state index contributed by atoms with van der Waals surface area (Å²) in [6, 6.07) is 9.22. The Morgan fingerprint density at radius 2 is 1.86 bits per heavy atom. The molecule has 1 aliphatic rings. The molecule has 1 N–H and O–H groups in total. The summed E-state index contributed by atoms with van der Waals surface area (Å²) in [6.45, 7) is 0.917. The van der Waals surface area contributed by atoms with E-state index in [1.54, 1.807) is 18.2 Å². The zero-order chi connectivity index (χ0) is 15.9. The maximum absolute atomic E-state index is 11.3. The van der Waals surface area contributed by atoms with Crippen LogP contribution in [-0.4, -0.2) is 26.1 Å². The number of hydrogen-bond acceptors (Lipinski definition) is 4. The molecule has 0 radical (unpaired) electrons. The maximum atomic E-state index is 11.3. The van der Waals surface area contributed by atoms with Gasteiger partial charge in [0.1, 0.15) is 12.4 Å². The van der Waals surface area contributed by atoms with Crippen molar-refractivity contribution in [3.05, 3.63) is 46.4 Å². The molecule has 0 aromatic heterocycles. The maximum Gasteiger partial charge on any atom is 0.294 e. The van der Waals surface area contributed by atoms with Crippen molar-refractivity contribution in [1.82, 2.24) is 0 Å². The lowest BCUT2D eigenvalue weighted by molar-refractivity contribution is 0.313. The first-order valence-corrected chi connectivity index (χ1v) is 8.53. The third-order valence-electron chi connectivity index (χ3n) is 3.29. The summed E-state index contributed by atoms with van der Waals surface area (Å²) in [5.41, 5.74) is 1.20. The molecule has 2 aromatic carbocycles. The number of ether oxygens (including phenoxy) is 1. The van der Waals surface area contributed by atoms with Gasteiger partial charge >= 0.3 is 0 Å². The van der Waals surface area contributed by atoms with E-state index in [-0.39, 0.29) is 4.90 Å². The van der Waals surface area contributed by atoms with Gasteiger partial charge in [0, 0.05) is 5.02 Å². The SMILES string of the molecule is O=S(=O)(O)c1ccc2c(c1)N(c1ccc(Cl)cc1Cl)CCO2. The largest absolute Gasteiger partial charge is 0.490 e. The second-order valence-electron chi connectivity index (χ2n) is 4.70. The van der Waals surface area contributed by atoms with Crippen LogP contribution in [0.3, 0.4) is 0 Å². The Labute approximate surface area is 137 Å². The number of anilines is 2. The van der Waals surface area contributed by atoms with E-state index in [0.29, 0.717) is 40.3 Å². The second kappa shape index (κ2) is 5.62. The lowest BCUT2D eigenvalue weighted by atomic mass is 10.2. The minimum Gasteiger partial charge on any atom is -0.490 e. The molecule has 1 aliphatic heterocycles. The summed E-state index contributed by atoms with van der Waals surface area (Å²) in [5.74, 6) is 0.518. The molecule has 0 spiro atoms. The zero-order valence-corrected chi connectivity index (χ0v) is 13.5. The first kappa shape index (κ1) is 15.4. The highest BCUT2D eigenvalue weighted by molar-refractivity contribution is 7.85. The Bertz CT molecular complexity index is 839. The van der Waals surface area contributed by atoms with Gasteiger partial charge < -0.3 is 9.64 Å². The minimum absolute atomic E-state index is 0.202. The van der Waals surface area contributed by atoms with E-state index in [4.69, 9.17) is 27.9 Å². The Balaban J connectivity index is 2.14. The molecule has 3 rings (SSSR count). The molecule has 0 saturated carbocycles. The van der Waals surface area contributed by atoms with Crippen LogP contribution in [0.2, 0.25) is 10.0 Å². The van der Waals surface area contributed by atoms with Crippen molar-refractivity contribution in [2.24, 2.45) is 0 Å². The fourth-order valence-electron chi connectivity index (χ4n) is 2.31. The van der Waals surface area contributed by atoms with E-state index in [9.17, 15) is 13.0 Å². The van der Waals surface area contributed by atoms with E-state index in [1.165, 1.54) is 18.2 Å². The van der Waals surface area contributed by atoms with Crippen LogP contribution in [0, 0.1) is 0 Å². The molecule has 8 heteroatoms. The minimum atomic E-state index is -4.30. The van der Waals surface area contributed by atoms with Crippen molar-refractivity contribution >= 4 is 44.7 Å². The number of fused-ring (bicyclic) bond motifs is 1. The molecule has 116 valence electrons. The Hall–Kier alpha value is -1.47. The topological polar surface area (TPSA) is 66.8 Å². The number of benzene rings is 2. The average molecular weight is 360 g/mol. The molecule has 22 heavy (non-hydrogen) atoms. The van der Waals surface area contributed by atoms with Crippen molar-refractivity contribution in [3.63, 3.8) is 0 Å². The number of rotatable bonds is 2. The fourth-order valence-corrected chi connectivity index (χ4v) is 3.32. The standard InChI is InChI=1S/C14H11Cl2NO4S/c15-9-1-3-12(11(16)7-9)17-5-6-21-14-4-2-10(8-13(14)17)22(18,19)20/h1-4,7-8H,5-6H2,(H,18,19,20). The van der Waals surface area contributed by atoms with Crippen LogP contribution < -0.4 is 9.64 Å². The smallest absolute Gasteiger partial charge is 0.294 e. The van der Waals surface area contributed by atoms with Crippen molar-refractivity contribution in [1.29, 1.82) is 0 Å². The highest BCUT2D eigenvalue weighted by atomic mass is 35.5. The van der Waals surface area contributed by atoms with Crippen LogP contribution in [0.15, 0.2) is 41.3 Å². The van der Waals surface area contributed by atoms with Gasteiger partial charge in [-0.05, 0) is 36.4 Å². The quantitative estimate of drug-likeness (QED) is 0.826. The van der Waals surface area contributed by atoms with Crippen LogP contribution in [-0.2, 0) is 10.1 Å². The normalized spacial score (nSPS) is 14.4. The molecule has 0 saturated heterocycles. The predicted molar refractivity (Wildman–Crippen MR) is 85.2 cm³/mol. The Morgan fingerprint density at radius 1 is 1.09 bits per heavy atom. The predicted octanol–water partition coefficient (Wildman–Crippen LogP) is 3.77. The number of nitrogens with zero attached hydrogens (tertiary/aromatic N) is 1. The molecule has 0 bridgehead atoms. The first-order valence-electron chi connectivity index (χ1n) is 6.33. The number of hydrogen-bond donors (Lipinski definition) is 1. The van der Waals surface area contributed by atoms with Crippen LogP contribution in [0.1, 0.15) is 0 Å². The lowest BCUT2D eigenvalue weighted by Gasteiger charge is -2.32. The van der Waals surface area contributed by atoms with Crippen LogP contribution in [0.4, 0.5) is 11.4 Å². The molecule has 0 amide bonds. The van der Waals surface area contributed by atoms with Gasteiger partial charge in [0.25, 0.3) is 10.1 Å². The van der Waals surface area contributed by atoms with Gasteiger partial charge in [-0.15, -0.1) is 0 Å². The van der Waals surface area contributed by atoms with Gasteiger partial charge in [-0.1, -0.05) is 23.2 Å². The highest BCUT2D eigenvalue weighted by Gasteiger charge is 2.24. The molecule has 5 nitrogen and oxygen atoms in total. The summed E-state index contributed by atoms with van der Waals surface area (Å²) < 4.78 is 37.4. The summed E-state index contributed by atoms with van der Waals surface area (Å²) in [5, 5.41) is 0.950. The Kier molecular flexibility index (Phi) is 3.94. The van der Waals surface area contributed by atoms with E-state index in [1.807, 2.05) is 4.90 Å². The molecule has 0 fully saturated rings. The number of halogens is 2. The van der Waals surface area contributed by atoms with Crippen molar-refractivity contribution in [2.45, 2.75) is 4.90 Å². The Morgan fingerprint density at radius 3 is 2.55 bits per heavy atom. The highest BCUT2D eigenvalue weighted by Crippen LogP contribution is 2.41. The van der Waals surface area contributed by atoms with Crippen LogP contribution in [0.25, 0.3) is 0 Å². The summed E-state index contributed by atoms with van der Waals surface area (Å²) in [7, 11) is -4.30. The monoisotopic (exact) mass is 359 g/mol. The third kappa shape index (κ3) is 2.87. The van der Waals surface area contributed by atoms with E-state index in [2.05, 4.69) is 0 Å². The lowest BCUT2D eigenvalue weighted by Crippen LogP contribution is -2.29. The van der Waals surface area contributed by atoms with Gasteiger partial charge in [0.05, 0.1) is 27.8 Å². The van der Waals surface area contributed by atoms with Crippen molar-refractivity contribution in [2.75, 3.05) is 18.1 Å². The molecule has 0 atom stereocenters. The van der Waals surface area contributed by atoms with Gasteiger partial charge in [-0.25, -0.2) is 0 Å². The van der Waals surface area contributed by atoms with Gasteiger partial charge in [-0.2, -0.15) is 8.42 Å². The molecule has 0 aliphatic carbocycles.